The highest BCUT2D eigenvalue weighted by Gasteiger charge is 2.41. The lowest BCUT2D eigenvalue weighted by molar-refractivity contribution is -0.118. The molecule has 3 N–H and O–H groups in total. The number of carbonyl (C=O) groups is 1. The summed E-state index contributed by atoms with van der Waals surface area (Å²) < 4.78 is 5.11. The largest absolute Gasteiger partial charge is 0.465 e. The normalized spacial score (nSPS) is 19.2. The number of amides is 1. The van der Waals surface area contributed by atoms with Crippen molar-refractivity contribution in [2.45, 2.75) is 25.3 Å². The topological polar surface area (TPSA) is 68.3 Å². The third-order valence-corrected chi connectivity index (χ3v) is 3.25. The van der Waals surface area contributed by atoms with Gasteiger partial charge in [-0.2, -0.15) is 0 Å². The Balaban J connectivity index is 1.92. The fourth-order valence-corrected chi connectivity index (χ4v) is 1.91. The van der Waals surface area contributed by atoms with Crippen molar-refractivity contribution in [1.82, 2.24) is 5.32 Å². The maximum Gasteiger partial charge on any atom is 0.244 e. The molecule has 0 aliphatic heterocycles. The monoisotopic (exact) mass is 234 g/mol. The molecule has 4 heteroatoms. The van der Waals surface area contributed by atoms with Gasteiger partial charge in [-0.15, -0.1) is 0 Å². The van der Waals surface area contributed by atoms with Crippen LogP contribution in [0, 0.1) is 5.92 Å². The molecule has 1 fully saturated rings. The van der Waals surface area contributed by atoms with Gasteiger partial charge >= 0.3 is 0 Å². The quantitative estimate of drug-likeness (QED) is 0.759. The van der Waals surface area contributed by atoms with Gasteiger partial charge in [0.05, 0.1) is 11.8 Å². The Bertz CT molecular complexity index is 407. The molecule has 0 bridgehead atoms. The summed E-state index contributed by atoms with van der Waals surface area (Å²) in [5.74, 6) is 1.07. The average Bonchev–Trinajstić information content (AvgIpc) is 3.05. The van der Waals surface area contributed by atoms with Gasteiger partial charge in [-0.3, -0.25) is 4.79 Å². The highest BCUT2D eigenvalue weighted by atomic mass is 16.3. The number of hydrogen-bond donors (Lipinski definition) is 2. The van der Waals surface area contributed by atoms with E-state index in [9.17, 15) is 4.79 Å². The number of hydrogen-bond acceptors (Lipinski definition) is 3. The summed E-state index contributed by atoms with van der Waals surface area (Å²) in [6, 6.07) is 3.58. The van der Waals surface area contributed by atoms with Crippen LogP contribution in [0.15, 0.2) is 28.9 Å². The second-order valence-electron chi connectivity index (χ2n) is 4.73. The molecule has 2 rings (SSSR count). The molecule has 1 aliphatic rings. The molecule has 0 saturated heterocycles. The number of nitrogens with one attached hydrogen (secondary N) is 1. The molecule has 0 spiro atoms. The van der Waals surface area contributed by atoms with E-state index in [1.54, 1.807) is 24.5 Å². The minimum absolute atomic E-state index is 0.124. The molecule has 1 aromatic heterocycles. The zero-order chi connectivity index (χ0) is 12.3. The van der Waals surface area contributed by atoms with Gasteiger partial charge in [-0.25, -0.2) is 0 Å². The molecule has 1 aromatic rings. The Morgan fingerprint density at radius 1 is 1.71 bits per heavy atom. The van der Waals surface area contributed by atoms with Crippen LogP contribution >= 0.6 is 0 Å². The van der Waals surface area contributed by atoms with Crippen molar-refractivity contribution < 1.29 is 9.21 Å². The van der Waals surface area contributed by atoms with Crippen molar-refractivity contribution in [3.05, 3.63) is 30.2 Å². The first-order valence-corrected chi connectivity index (χ1v) is 5.88. The van der Waals surface area contributed by atoms with Crippen molar-refractivity contribution in [3.8, 4) is 0 Å². The highest BCUT2D eigenvalue weighted by molar-refractivity contribution is 5.91. The summed E-state index contributed by atoms with van der Waals surface area (Å²) in [5.41, 5.74) is 5.46. The SMILES string of the molecule is CC(CN)(NC(=O)/C=C/c1ccco1)C1CC1. The van der Waals surface area contributed by atoms with Crippen LogP contribution in [0.1, 0.15) is 25.5 Å². The Morgan fingerprint density at radius 2 is 2.47 bits per heavy atom. The zero-order valence-corrected chi connectivity index (χ0v) is 9.98. The molecule has 4 nitrogen and oxygen atoms in total. The average molecular weight is 234 g/mol. The lowest BCUT2D eigenvalue weighted by Crippen LogP contribution is -2.52. The van der Waals surface area contributed by atoms with E-state index in [1.165, 1.54) is 6.08 Å². The van der Waals surface area contributed by atoms with Crippen LogP contribution in [0.25, 0.3) is 6.08 Å². The highest BCUT2D eigenvalue weighted by Crippen LogP contribution is 2.38. The summed E-state index contributed by atoms with van der Waals surface area (Å²) in [6.07, 6.45) is 7.01. The van der Waals surface area contributed by atoms with Gasteiger partial charge in [0.1, 0.15) is 5.76 Å². The van der Waals surface area contributed by atoms with E-state index >= 15 is 0 Å². The summed E-state index contributed by atoms with van der Waals surface area (Å²) >= 11 is 0. The summed E-state index contributed by atoms with van der Waals surface area (Å²) in [6.45, 7) is 2.47. The fraction of sp³-hybridized carbons (Fsp3) is 0.462. The standard InChI is InChI=1S/C13H18N2O2/c1-13(9-14,10-4-5-10)15-12(16)7-6-11-3-2-8-17-11/h2-3,6-8,10H,4-5,9,14H2,1H3,(H,15,16)/b7-6+. The van der Waals surface area contributed by atoms with Crippen molar-refractivity contribution in [3.63, 3.8) is 0 Å². The number of rotatable bonds is 5. The fourth-order valence-electron chi connectivity index (χ4n) is 1.91. The summed E-state index contributed by atoms with van der Waals surface area (Å²) in [5, 5.41) is 2.98. The maximum atomic E-state index is 11.7. The van der Waals surface area contributed by atoms with Gasteiger partial charge in [0.25, 0.3) is 0 Å². The van der Waals surface area contributed by atoms with Crippen LogP contribution in [0.3, 0.4) is 0 Å². The lowest BCUT2D eigenvalue weighted by atomic mass is 9.96. The molecule has 1 aliphatic carbocycles. The predicted octanol–water partition coefficient (Wildman–Crippen LogP) is 1.54. The van der Waals surface area contributed by atoms with Gasteiger partial charge in [0, 0.05) is 12.6 Å². The molecule has 1 atom stereocenters. The van der Waals surface area contributed by atoms with E-state index in [1.807, 2.05) is 6.92 Å². The van der Waals surface area contributed by atoms with E-state index in [2.05, 4.69) is 5.32 Å². The van der Waals surface area contributed by atoms with Gasteiger partial charge in [0.15, 0.2) is 0 Å². The van der Waals surface area contributed by atoms with Crippen LogP contribution in [-0.4, -0.2) is 18.0 Å². The minimum atomic E-state index is -0.273. The van der Waals surface area contributed by atoms with E-state index < -0.39 is 0 Å². The smallest absolute Gasteiger partial charge is 0.244 e. The first-order chi connectivity index (χ1) is 8.14. The Labute approximate surface area is 101 Å². The van der Waals surface area contributed by atoms with Crippen molar-refractivity contribution in [2.75, 3.05) is 6.54 Å². The Hall–Kier alpha value is -1.55. The number of nitrogens with two attached hydrogens (primary N) is 1. The third kappa shape index (κ3) is 2.97. The molecule has 1 amide bonds. The second-order valence-corrected chi connectivity index (χ2v) is 4.73. The minimum Gasteiger partial charge on any atom is -0.465 e. The van der Waals surface area contributed by atoms with E-state index in [-0.39, 0.29) is 11.4 Å². The zero-order valence-electron chi connectivity index (χ0n) is 9.98. The Kier molecular flexibility index (Phi) is 3.33. The van der Waals surface area contributed by atoms with E-state index in [0.717, 1.165) is 12.8 Å². The first kappa shape index (κ1) is 11.9. The van der Waals surface area contributed by atoms with Crippen LogP contribution in [-0.2, 0) is 4.79 Å². The van der Waals surface area contributed by atoms with Crippen molar-refractivity contribution in [1.29, 1.82) is 0 Å². The first-order valence-electron chi connectivity index (χ1n) is 5.88. The molecule has 17 heavy (non-hydrogen) atoms. The summed E-state index contributed by atoms with van der Waals surface area (Å²) in [4.78, 5) is 11.7. The van der Waals surface area contributed by atoms with Crippen LogP contribution in [0.4, 0.5) is 0 Å². The number of carbonyl (C=O) groups excluding carboxylic acids is 1. The van der Waals surface area contributed by atoms with Crippen LogP contribution in [0.5, 0.6) is 0 Å². The molecule has 1 saturated carbocycles. The molecule has 0 aromatic carbocycles. The molecule has 0 radical (unpaired) electrons. The molecule has 92 valence electrons. The van der Waals surface area contributed by atoms with Gasteiger partial charge in [-0.1, -0.05) is 0 Å². The molecule has 1 unspecified atom stereocenters. The molecular formula is C13H18N2O2. The van der Waals surface area contributed by atoms with Gasteiger partial charge < -0.3 is 15.5 Å². The van der Waals surface area contributed by atoms with Crippen LogP contribution < -0.4 is 11.1 Å². The van der Waals surface area contributed by atoms with Crippen LogP contribution in [0.2, 0.25) is 0 Å². The van der Waals surface area contributed by atoms with E-state index in [4.69, 9.17) is 10.2 Å². The van der Waals surface area contributed by atoms with Gasteiger partial charge in [0.2, 0.25) is 5.91 Å². The Morgan fingerprint density at radius 3 is 3.00 bits per heavy atom. The molecule has 1 heterocycles. The predicted molar refractivity (Wildman–Crippen MR) is 66.1 cm³/mol. The van der Waals surface area contributed by atoms with E-state index in [0.29, 0.717) is 18.2 Å². The van der Waals surface area contributed by atoms with Gasteiger partial charge in [-0.05, 0) is 43.9 Å². The van der Waals surface area contributed by atoms with Crippen molar-refractivity contribution >= 4 is 12.0 Å². The number of furan rings is 1. The second kappa shape index (κ2) is 4.75. The summed E-state index contributed by atoms with van der Waals surface area (Å²) in [7, 11) is 0. The maximum absolute atomic E-state index is 11.7. The molecular weight excluding hydrogens is 216 g/mol. The lowest BCUT2D eigenvalue weighted by Gasteiger charge is -2.28. The van der Waals surface area contributed by atoms with Crippen molar-refractivity contribution in [2.24, 2.45) is 11.7 Å². The third-order valence-electron chi connectivity index (χ3n) is 3.25.